The number of nitrogens with zero attached hydrogens (tertiary/aromatic N) is 3. The molecular formula is C18H22N4O2. The van der Waals surface area contributed by atoms with Crippen LogP contribution < -0.4 is 10.9 Å². The summed E-state index contributed by atoms with van der Waals surface area (Å²) in [6.07, 6.45) is 4.85. The molecule has 2 aromatic rings. The summed E-state index contributed by atoms with van der Waals surface area (Å²) < 4.78 is 1.51. The Balaban J connectivity index is 1.59. The highest BCUT2D eigenvalue weighted by molar-refractivity contribution is 5.94. The number of carbonyl (C=O) groups excluding carboxylic acids is 1. The summed E-state index contributed by atoms with van der Waals surface area (Å²) in [5.41, 5.74) is 1.74. The van der Waals surface area contributed by atoms with Gasteiger partial charge in [0.05, 0.1) is 0 Å². The smallest absolute Gasteiger partial charge is 0.293 e. The van der Waals surface area contributed by atoms with Crippen LogP contribution in [0.3, 0.4) is 0 Å². The van der Waals surface area contributed by atoms with E-state index in [4.69, 9.17) is 0 Å². The largest absolute Gasteiger partial charge is 0.363 e. The van der Waals surface area contributed by atoms with Gasteiger partial charge in [-0.3, -0.25) is 9.59 Å². The third-order valence-corrected chi connectivity index (χ3v) is 4.44. The second-order valence-corrected chi connectivity index (χ2v) is 6.27. The third-order valence-electron chi connectivity index (χ3n) is 4.44. The van der Waals surface area contributed by atoms with E-state index in [1.165, 1.54) is 4.57 Å². The minimum atomic E-state index is -0.129. The predicted octanol–water partition coefficient (Wildman–Crippen LogP) is 1.81. The Morgan fingerprint density at radius 1 is 1.21 bits per heavy atom. The van der Waals surface area contributed by atoms with Crippen LogP contribution in [0, 0.1) is 6.92 Å². The van der Waals surface area contributed by atoms with Crippen molar-refractivity contribution in [3.63, 3.8) is 0 Å². The maximum atomic E-state index is 12.5. The molecule has 1 amide bonds. The van der Waals surface area contributed by atoms with Crippen molar-refractivity contribution in [1.29, 1.82) is 0 Å². The Bertz CT molecular complexity index is 774. The van der Waals surface area contributed by atoms with Gasteiger partial charge in [0.15, 0.2) is 5.82 Å². The lowest BCUT2D eigenvalue weighted by Gasteiger charge is -2.32. The van der Waals surface area contributed by atoms with Crippen molar-refractivity contribution in [3.05, 3.63) is 58.1 Å². The summed E-state index contributed by atoms with van der Waals surface area (Å²) in [5, 5.41) is 3.21. The number of nitrogens with one attached hydrogen (secondary N) is 1. The van der Waals surface area contributed by atoms with Crippen LogP contribution >= 0.6 is 0 Å². The number of hydrogen-bond donors (Lipinski definition) is 1. The molecule has 1 N–H and O–H groups in total. The van der Waals surface area contributed by atoms with E-state index in [1.807, 2.05) is 36.1 Å². The molecule has 1 aromatic heterocycles. The first-order valence-electron chi connectivity index (χ1n) is 8.19. The zero-order valence-electron chi connectivity index (χ0n) is 14.0. The van der Waals surface area contributed by atoms with Gasteiger partial charge in [0.1, 0.15) is 0 Å². The van der Waals surface area contributed by atoms with Gasteiger partial charge in [0.2, 0.25) is 0 Å². The Morgan fingerprint density at radius 3 is 2.54 bits per heavy atom. The molecule has 0 spiro atoms. The number of rotatable bonds is 3. The van der Waals surface area contributed by atoms with E-state index < -0.39 is 0 Å². The molecule has 1 saturated heterocycles. The monoisotopic (exact) mass is 326 g/mol. The average Bonchev–Trinajstić information content (AvgIpc) is 2.60. The maximum absolute atomic E-state index is 12.5. The molecule has 1 aliphatic rings. The molecule has 1 aliphatic heterocycles. The van der Waals surface area contributed by atoms with E-state index in [0.717, 1.165) is 24.0 Å². The maximum Gasteiger partial charge on any atom is 0.293 e. The van der Waals surface area contributed by atoms with Crippen LogP contribution in [0.1, 0.15) is 28.8 Å². The number of benzene rings is 1. The molecule has 1 aromatic carbocycles. The Labute approximate surface area is 141 Å². The van der Waals surface area contributed by atoms with Crippen molar-refractivity contribution in [2.75, 3.05) is 18.4 Å². The standard InChI is InChI=1S/C18H22N4O2/c1-13-3-5-14(6-4-13)17(23)22-10-7-15(8-11-22)20-16-18(24)21(2)12-9-19-16/h3-6,9,12,15H,7-8,10-11H2,1-2H3,(H,19,20). The summed E-state index contributed by atoms with van der Waals surface area (Å²) in [5.74, 6) is 0.450. The van der Waals surface area contributed by atoms with Crippen molar-refractivity contribution in [3.8, 4) is 0 Å². The fraction of sp³-hybridized carbons (Fsp3) is 0.389. The van der Waals surface area contributed by atoms with Crippen LogP contribution in [0.15, 0.2) is 41.5 Å². The minimum absolute atomic E-state index is 0.0715. The SMILES string of the molecule is Cc1ccc(C(=O)N2CCC(Nc3nccn(C)c3=O)CC2)cc1. The van der Waals surface area contributed by atoms with E-state index in [9.17, 15) is 9.59 Å². The number of aryl methyl sites for hydroxylation is 2. The first kappa shape index (κ1) is 16.2. The molecule has 126 valence electrons. The van der Waals surface area contributed by atoms with Crippen molar-refractivity contribution in [2.45, 2.75) is 25.8 Å². The highest BCUT2D eigenvalue weighted by Crippen LogP contribution is 2.16. The molecule has 3 rings (SSSR count). The van der Waals surface area contributed by atoms with Crippen LogP contribution in [-0.2, 0) is 7.05 Å². The van der Waals surface area contributed by atoms with Gasteiger partial charge in [0.25, 0.3) is 11.5 Å². The summed E-state index contributed by atoms with van der Waals surface area (Å²) in [6.45, 7) is 3.36. The van der Waals surface area contributed by atoms with Gasteiger partial charge in [-0.1, -0.05) is 17.7 Å². The van der Waals surface area contributed by atoms with E-state index in [-0.39, 0.29) is 17.5 Å². The zero-order chi connectivity index (χ0) is 17.1. The molecule has 6 nitrogen and oxygen atoms in total. The van der Waals surface area contributed by atoms with Gasteiger partial charge < -0.3 is 14.8 Å². The summed E-state index contributed by atoms with van der Waals surface area (Å²) in [6, 6.07) is 7.82. The van der Waals surface area contributed by atoms with E-state index in [2.05, 4.69) is 10.3 Å². The van der Waals surface area contributed by atoms with E-state index in [0.29, 0.717) is 18.9 Å². The lowest BCUT2D eigenvalue weighted by Crippen LogP contribution is -2.43. The normalized spacial score (nSPS) is 15.3. The molecule has 1 fully saturated rings. The minimum Gasteiger partial charge on any atom is -0.363 e. The molecule has 0 atom stereocenters. The zero-order valence-corrected chi connectivity index (χ0v) is 14.0. The third kappa shape index (κ3) is 3.48. The molecule has 2 heterocycles. The molecule has 0 bridgehead atoms. The van der Waals surface area contributed by atoms with Crippen molar-refractivity contribution in [1.82, 2.24) is 14.5 Å². The Kier molecular flexibility index (Phi) is 4.64. The highest BCUT2D eigenvalue weighted by atomic mass is 16.2. The number of hydrogen-bond acceptors (Lipinski definition) is 4. The van der Waals surface area contributed by atoms with Gasteiger partial charge in [0, 0.05) is 44.1 Å². The van der Waals surface area contributed by atoms with Gasteiger partial charge >= 0.3 is 0 Å². The van der Waals surface area contributed by atoms with Crippen LogP contribution in [0.2, 0.25) is 0 Å². The predicted molar refractivity (Wildman–Crippen MR) is 93.2 cm³/mol. The second kappa shape index (κ2) is 6.86. The first-order valence-corrected chi connectivity index (χ1v) is 8.19. The second-order valence-electron chi connectivity index (χ2n) is 6.27. The van der Waals surface area contributed by atoms with Crippen molar-refractivity contribution >= 4 is 11.7 Å². The molecule has 0 saturated carbocycles. The Morgan fingerprint density at radius 2 is 1.88 bits per heavy atom. The number of likely N-dealkylation sites (tertiary alicyclic amines) is 1. The number of carbonyl (C=O) groups is 1. The van der Waals surface area contributed by atoms with Crippen molar-refractivity contribution in [2.24, 2.45) is 7.05 Å². The fourth-order valence-electron chi connectivity index (χ4n) is 2.90. The molecular weight excluding hydrogens is 304 g/mol. The van der Waals surface area contributed by atoms with Gasteiger partial charge in [-0.05, 0) is 31.9 Å². The van der Waals surface area contributed by atoms with Gasteiger partial charge in [-0.25, -0.2) is 4.98 Å². The number of anilines is 1. The summed E-state index contributed by atoms with van der Waals surface area (Å²) in [7, 11) is 1.71. The summed E-state index contributed by atoms with van der Waals surface area (Å²) in [4.78, 5) is 30.5. The quantitative estimate of drug-likeness (QED) is 0.934. The molecule has 24 heavy (non-hydrogen) atoms. The van der Waals surface area contributed by atoms with E-state index in [1.54, 1.807) is 19.4 Å². The molecule has 0 aliphatic carbocycles. The van der Waals surface area contributed by atoms with Gasteiger partial charge in [-0.15, -0.1) is 0 Å². The first-order chi connectivity index (χ1) is 11.5. The van der Waals surface area contributed by atoms with Crippen LogP contribution in [0.5, 0.6) is 0 Å². The number of amides is 1. The van der Waals surface area contributed by atoms with Crippen LogP contribution in [0.4, 0.5) is 5.82 Å². The lowest BCUT2D eigenvalue weighted by molar-refractivity contribution is 0.0718. The lowest BCUT2D eigenvalue weighted by atomic mass is 10.0. The van der Waals surface area contributed by atoms with Gasteiger partial charge in [-0.2, -0.15) is 0 Å². The molecule has 0 radical (unpaired) electrons. The van der Waals surface area contributed by atoms with Crippen molar-refractivity contribution < 1.29 is 4.79 Å². The Hall–Kier alpha value is -2.63. The van der Waals surface area contributed by atoms with Crippen LogP contribution in [0.25, 0.3) is 0 Å². The number of aromatic nitrogens is 2. The highest BCUT2D eigenvalue weighted by Gasteiger charge is 2.24. The van der Waals surface area contributed by atoms with E-state index >= 15 is 0 Å². The molecule has 0 unspecified atom stereocenters. The fourth-order valence-corrected chi connectivity index (χ4v) is 2.90. The average molecular weight is 326 g/mol. The van der Waals surface area contributed by atoms with Crippen LogP contribution in [-0.4, -0.2) is 39.5 Å². The topological polar surface area (TPSA) is 67.2 Å². The number of piperidine rings is 1. The molecule has 6 heteroatoms. The summed E-state index contributed by atoms with van der Waals surface area (Å²) >= 11 is 0.